The van der Waals surface area contributed by atoms with E-state index in [1.54, 1.807) is 18.2 Å². The molecular formula is C17H19FN4O4. The van der Waals surface area contributed by atoms with E-state index in [0.717, 1.165) is 0 Å². The van der Waals surface area contributed by atoms with E-state index in [0.29, 0.717) is 5.82 Å². The Kier molecular flexibility index (Phi) is 4.99. The topological polar surface area (TPSA) is 97.6 Å². The summed E-state index contributed by atoms with van der Waals surface area (Å²) in [5, 5.41) is 13.3. The van der Waals surface area contributed by atoms with Crippen LogP contribution in [-0.4, -0.2) is 62.4 Å². The molecule has 2 heterocycles. The van der Waals surface area contributed by atoms with Gasteiger partial charge in [0, 0.05) is 12.5 Å². The van der Waals surface area contributed by atoms with E-state index in [2.05, 4.69) is 10.1 Å². The van der Waals surface area contributed by atoms with Crippen LogP contribution in [0.15, 0.2) is 24.3 Å². The number of carboxylic acids is 1. The average molecular weight is 362 g/mol. The average Bonchev–Trinajstić information content (AvgIpc) is 3.07. The van der Waals surface area contributed by atoms with Crippen LogP contribution in [0.4, 0.5) is 4.39 Å². The number of para-hydroxylation sites is 1. The molecule has 2 aromatic rings. The summed E-state index contributed by atoms with van der Waals surface area (Å²) in [7, 11) is 0. The second-order valence-corrected chi connectivity index (χ2v) is 6.26. The van der Waals surface area contributed by atoms with Crippen LogP contribution < -0.4 is 0 Å². The highest BCUT2D eigenvalue weighted by atomic mass is 19.1. The maximum atomic E-state index is 14.2. The molecule has 1 aromatic heterocycles. The van der Waals surface area contributed by atoms with Crippen molar-refractivity contribution in [2.75, 3.05) is 19.7 Å². The summed E-state index contributed by atoms with van der Waals surface area (Å²) in [4.78, 5) is 29.4. The van der Waals surface area contributed by atoms with Gasteiger partial charge in [0.05, 0.1) is 13.2 Å². The predicted molar refractivity (Wildman–Crippen MR) is 88.7 cm³/mol. The third-order valence-corrected chi connectivity index (χ3v) is 4.05. The van der Waals surface area contributed by atoms with Crippen LogP contribution in [0.3, 0.4) is 0 Å². The third kappa shape index (κ3) is 3.43. The number of ether oxygens (including phenoxy) is 1. The second kappa shape index (κ2) is 7.20. The van der Waals surface area contributed by atoms with Crippen LogP contribution in [0.25, 0.3) is 5.69 Å². The number of carbonyl (C=O) groups excluding carboxylic acids is 1. The molecule has 0 aliphatic carbocycles. The van der Waals surface area contributed by atoms with E-state index in [1.807, 2.05) is 13.8 Å². The molecule has 8 nitrogen and oxygen atoms in total. The normalized spacial score (nSPS) is 17.5. The number of nitrogens with zero attached hydrogens (tertiary/aromatic N) is 4. The van der Waals surface area contributed by atoms with Crippen molar-refractivity contribution in [2.24, 2.45) is 0 Å². The molecular weight excluding hydrogens is 343 g/mol. The molecule has 1 aliphatic heterocycles. The largest absolute Gasteiger partial charge is 0.479 e. The zero-order valence-corrected chi connectivity index (χ0v) is 14.4. The number of amides is 1. The van der Waals surface area contributed by atoms with Crippen LogP contribution in [0, 0.1) is 5.82 Å². The zero-order chi connectivity index (χ0) is 18.8. The zero-order valence-electron chi connectivity index (χ0n) is 14.4. The van der Waals surface area contributed by atoms with Gasteiger partial charge in [0.15, 0.2) is 6.10 Å². The summed E-state index contributed by atoms with van der Waals surface area (Å²) >= 11 is 0. The first-order valence-corrected chi connectivity index (χ1v) is 8.24. The van der Waals surface area contributed by atoms with Gasteiger partial charge in [-0.3, -0.25) is 4.79 Å². The first-order chi connectivity index (χ1) is 12.4. The van der Waals surface area contributed by atoms with Gasteiger partial charge >= 0.3 is 5.97 Å². The highest BCUT2D eigenvalue weighted by Gasteiger charge is 2.32. The highest BCUT2D eigenvalue weighted by Crippen LogP contribution is 2.20. The molecule has 26 heavy (non-hydrogen) atoms. The van der Waals surface area contributed by atoms with Gasteiger partial charge in [-0.2, -0.15) is 0 Å². The third-order valence-electron chi connectivity index (χ3n) is 4.05. The van der Waals surface area contributed by atoms with E-state index in [4.69, 9.17) is 9.84 Å². The summed E-state index contributed by atoms with van der Waals surface area (Å²) in [5.41, 5.74) is 0.202. The van der Waals surface area contributed by atoms with Crippen LogP contribution in [0.2, 0.25) is 0 Å². The Hall–Kier alpha value is -2.81. The number of halogens is 1. The van der Waals surface area contributed by atoms with Crippen molar-refractivity contribution in [1.29, 1.82) is 0 Å². The van der Waals surface area contributed by atoms with Crippen molar-refractivity contribution < 1.29 is 23.8 Å². The molecule has 1 aromatic carbocycles. The van der Waals surface area contributed by atoms with Gasteiger partial charge in [-0.15, -0.1) is 5.10 Å². The summed E-state index contributed by atoms with van der Waals surface area (Å²) < 4.78 is 20.6. The molecule has 0 radical (unpaired) electrons. The SMILES string of the molecule is CC(C)c1nc(C(=O)N2CCOC(C(=O)O)C2)nn1-c1ccccc1F. The van der Waals surface area contributed by atoms with Gasteiger partial charge in [-0.25, -0.2) is 18.9 Å². The number of morpholine rings is 1. The molecule has 1 amide bonds. The lowest BCUT2D eigenvalue weighted by molar-refractivity contribution is -0.154. The number of hydrogen-bond acceptors (Lipinski definition) is 5. The van der Waals surface area contributed by atoms with Crippen molar-refractivity contribution in [3.05, 3.63) is 41.7 Å². The molecule has 1 fully saturated rings. The Labute approximate surface area is 149 Å². The predicted octanol–water partition coefficient (Wildman–Crippen LogP) is 1.46. The number of rotatable bonds is 4. The van der Waals surface area contributed by atoms with Gasteiger partial charge in [-0.05, 0) is 12.1 Å². The lowest BCUT2D eigenvalue weighted by Gasteiger charge is -2.29. The summed E-state index contributed by atoms with van der Waals surface area (Å²) in [6.45, 7) is 4.01. The van der Waals surface area contributed by atoms with Gasteiger partial charge < -0.3 is 14.7 Å². The minimum Gasteiger partial charge on any atom is -0.479 e. The van der Waals surface area contributed by atoms with Crippen molar-refractivity contribution >= 4 is 11.9 Å². The molecule has 1 N–H and O–H groups in total. The number of carboxylic acid groups (broad SMARTS) is 1. The van der Waals surface area contributed by atoms with E-state index in [1.165, 1.54) is 15.6 Å². The molecule has 0 saturated carbocycles. The lowest BCUT2D eigenvalue weighted by Crippen LogP contribution is -2.48. The van der Waals surface area contributed by atoms with Crippen LogP contribution in [0.1, 0.15) is 36.2 Å². The second-order valence-electron chi connectivity index (χ2n) is 6.26. The van der Waals surface area contributed by atoms with E-state index < -0.39 is 23.8 Å². The number of carbonyl (C=O) groups is 2. The van der Waals surface area contributed by atoms with Crippen LogP contribution in [-0.2, 0) is 9.53 Å². The summed E-state index contributed by atoms with van der Waals surface area (Å²) in [5.74, 6) is -1.85. The van der Waals surface area contributed by atoms with Crippen molar-refractivity contribution in [1.82, 2.24) is 19.7 Å². The fourth-order valence-corrected chi connectivity index (χ4v) is 2.71. The monoisotopic (exact) mass is 362 g/mol. The van der Waals surface area contributed by atoms with E-state index >= 15 is 0 Å². The minimum absolute atomic E-state index is 0.0839. The molecule has 138 valence electrons. The molecule has 1 aliphatic rings. The van der Waals surface area contributed by atoms with Crippen molar-refractivity contribution in [3.8, 4) is 5.69 Å². The van der Waals surface area contributed by atoms with Gasteiger partial charge in [0.2, 0.25) is 5.82 Å². The fraction of sp³-hybridized carbons (Fsp3) is 0.412. The Morgan fingerprint density at radius 1 is 1.35 bits per heavy atom. The van der Waals surface area contributed by atoms with Crippen LogP contribution in [0.5, 0.6) is 0 Å². The van der Waals surface area contributed by atoms with E-state index in [9.17, 15) is 14.0 Å². The number of hydrogen-bond donors (Lipinski definition) is 1. The van der Waals surface area contributed by atoms with Crippen molar-refractivity contribution in [3.63, 3.8) is 0 Å². The first-order valence-electron chi connectivity index (χ1n) is 8.24. The van der Waals surface area contributed by atoms with Crippen molar-refractivity contribution in [2.45, 2.75) is 25.9 Å². The molecule has 3 rings (SSSR count). The standard InChI is InChI=1S/C17H19FN4O4/c1-10(2)15-19-14(20-22(15)12-6-4-3-5-11(12)18)16(23)21-7-8-26-13(9-21)17(24)25/h3-6,10,13H,7-9H2,1-2H3,(H,24,25). The molecule has 1 unspecified atom stereocenters. The quantitative estimate of drug-likeness (QED) is 0.884. The minimum atomic E-state index is -1.13. The summed E-state index contributed by atoms with van der Waals surface area (Å²) in [6, 6.07) is 6.10. The Bertz CT molecular complexity index is 836. The van der Waals surface area contributed by atoms with Gasteiger partial charge in [0.25, 0.3) is 5.91 Å². The lowest BCUT2D eigenvalue weighted by atomic mass is 10.2. The highest BCUT2D eigenvalue weighted by molar-refractivity contribution is 5.91. The first kappa shape index (κ1) is 18.0. The fourth-order valence-electron chi connectivity index (χ4n) is 2.71. The van der Waals surface area contributed by atoms with Gasteiger partial charge in [-0.1, -0.05) is 26.0 Å². The number of aliphatic carboxylic acids is 1. The van der Waals surface area contributed by atoms with Crippen LogP contribution >= 0.6 is 0 Å². The van der Waals surface area contributed by atoms with Gasteiger partial charge in [0.1, 0.15) is 17.3 Å². The smallest absolute Gasteiger partial charge is 0.334 e. The Morgan fingerprint density at radius 2 is 2.08 bits per heavy atom. The maximum Gasteiger partial charge on any atom is 0.334 e. The summed E-state index contributed by atoms with van der Waals surface area (Å²) in [6.07, 6.45) is -1.08. The molecule has 0 spiro atoms. The number of aromatic nitrogens is 3. The Balaban J connectivity index is 1.94. The molecule has 0 bridgehead atoms. The molecule has 9 heteroatoms. The Morgan fingerprint density at radius 3 is 2.73 bits per heavy atom. The van der Waals surface area contributed by atoms with E-state index in [-0.39, 0.29) is 37.1 Å². The molecule has 1 atom stereocenters. The molecule has 1 saturated heterocycles. The number of benzene rings is 1. The maximum absolute atomic E-state index is 14.2.